The Hall–Kier alpha value is -4.00. The van der Waals surface area contributed by atoms with Gasteiger partial charge in [0.2, 0.25) is 5.91 Å². The van der Waals surface area contributed by atoms with Crippen molar-refractivity contribution in [2.24, 2.45) is 0 Å². The predicted octanol–water partition coefficient (Wildman–Crippen LogP) is 4.38. The van der Waals surface area contributed by atoms with Crippen LogP contribution in [0.5, 0.6) is 17.2 Å². The molecule has 0 radical (unpaired) electrons. The maximum atomic E-state index is 13.2. The lowest BCUT2D eigenvalue weighted by atomic mass is 9.93. The largest absolute Gasteiger partial charge is 0.504 e. The van der Waals surface area contributed by atoms with Gasteiger partial charge in [-0.25, -0.2) is 4.79 Å². The van der Waals surface area contributed by atoms with Crippen LogP contribution in [0.1, 0.15) is 39.9 Å². The molecule has 7 nitrogen and oxygen atoms in total. The lowest BCUT2D eigenvalue weighted by Gasteiger charge is -2.18. The molecule has 1 aliphatic carbocycles. The van der Waals surface area contributed by atoms with Crippen molar-refractivity contribution in [2.75, 3.05) is 11.9 Å². The number of aromatic hydroxyl groups is 2. The number of ether oxygens (including phenoxy) is 1. The minimum Gasteiger partial charge on any atom is -0.504 e. The van der Waals surface area contributed by atoms with E-state index in [1.54, 1.807) is 12.1 Å². The minimum absolute atomic E-state index is 0.137. The molecule has 4 N–H and O–H groups in total. The number of carbonyl (C=O) groups is 2. The maximum Gasteiger partial charge on any atom is 0.339 e. The summed E-state index contributed by atoms with van der Waals surface area (Å²) in [5, 5.41) is 32.1. The van der Waals surface area contributed by atoms with Gasteiger partial charge in [0.15, 0.2) is 11.5 Å². The number of phenolic OH excluding ortho intramolecular Hbond substituents is 2. The second-order valence-corrected chi connectivity index (χ2v) is 8.69. The van der Waals surface area contributed by atoms with Crippen molar-refractivity contribution in [3.8, 4) is 28.4 Å². The highest BCUT2D eigenvalue weighted by atomic mass is 16.5. The van der Waals surface area contributed by atoms with Gasteiger partial charge in [-0.05, 0) is 84.0 Å². The van der Waals surface area contributed by atoms with Crippen molar-refractivity contribution >= 4 is 17.6 Å². The van der Waals surface area contributed by atoms with Crippen LogP contribution in [-0.2, 0) is 16.6 Å². The highest BCUT2D eigenvalue weighted by Gasteiger charge is 2.51. The molecule has 1 saturated carbocycles. The number of fused-ring (bicyclic) bond motifs is 1. The van der Waals surface area contributed by atoms with Crippen molar-refractivity contribution in [3.05, 3.63) is 70.8 Å². The fraction of sp³-hybridized carbons (Fsp3) is 0.231. The zero-order valence-electron chi connectivity index (χ0n) is 18.0. The van der Waals surface area contributed by atoms with E-state index in [9.17, 15) is 24.9 Å². The van der Waals surface area contributed by atoms with E-state index in [0.717, 1.165) is 22.3 Å². The number of carboxylic acids is 1. The monoisotopic (exact) mass is 445 g/mol. The van der Waals surface area contributed by atoms with Crippen LogP contribution in [-0.4, -0.2) is 33.8 Å². The molecule has 0 spiro atoms. The van der Waals surface area contributed by atoms with Crippen LogP contribution in [0.15, 0.2) is 48.5 Å². The summed E-state index contributed by atoms with van der Waals surface area (Å²) in [6, 6.07) is 13.6. The first-order chi connectivity index (χ1) is 15.8. The van der Waals surface area contributed by atoms with Crippen LogP contribution < -0.4 is 10.1 Å². The van der Waals surface area contributed by atoms with Crippen molar-refractivity contribution in [3.63, 3.8) is 0 Å². The number of anilines is 1. The van der Waals surface area contributed by atoms with E-state index in [1.165, 1.54) is 12.1 Å². The molecule has 0 aromatic heterocycles. The molecule has 168 valence electrons. The molecule has 7 heteroatoms. The van der Waals surface area contributed by atoms with Gasteiger partial charge in [0.05, 0.1) is 12.0 Å². The average Bonchev–Trinajstić information content (AvgIpc) is 3.47. The fourth-order valence-corrected chi connectivity index (χ4v) is 4.48. The van der Waals surface area contributed by atoms with Crippen LogP contribution in [0.25, 0.3) is 11.1 Å². The van der Waals surface area contributed by atoms with E-state index in [2.05, 4.69) is 5.32 Å². The summed E-state index contributed by atoms with van der Waals surface area (Å²) in [7, 11) is 0. The van der Waals surface area contributed by atoms with Gasteiger partial charge < -0.3 is 25.4 Å². The minimum atomic E-state index is -1.04. The number of benzene rings is 3. The van der Waals surface area contributed by atoms with Crippen LogP contribution in [0.3, 0.4) is 0 Å². The molecule has 1 aliphatic heterocycles. The third kappa shape index (κ3) is 3.55. The summed E-state index contributed by atoms with van der Waals surface area (Å²) in [5.74, 6) is -1.26. The maximum absolute atomic E-state index is 13.2. The van der Waals surface area contributed by atoms with Gasteiger partial charge in [0.1, 0.15) is 11.3 Å². The molecule has 0 bridgehead atoms. The van der Waals surface area contributed by atoms with Crippen molar-refractivity contribution < 1.29 is 29.6 Å². The molecule has 0 unspecified atom stereocenters. The SMILES string of the molecule is Cc1ccc(NC(=O)C2(c3ccc(O)c(O)c3)CC2)cc1-c1cc2c(c(C(=O)O)c1)OCC2. The number of carboxylic acid groups (broad SMARTS) is 1. The molecule has 1 amide bonds. The Morgan fingerprint density at radius 2 is 1.79 bits per heavy atom. The standard InChI is InChI=1S/C26H23NO6/c1-14-2-4-18(27-25(32)26(7-8-26)17-3-5-21(28)22(29)12-17)13-19(14)16-10-15-6-9-33-23(15)20(11-16)24(30)31/h2-5,10-13,28-29H,6-9H2,1H3,(H,27,32)(H,30,31). The first-order valence-corrected chi connectivity index (χ1v) is 10.8. The van der Waals surface area contributed by atoms with E-state index in [0.29, 0.717) is 42.9 Å². The zero-order chi connectivity index (χ0) is 23.3. The molecule has 1 heterocycles. The number of hydrogen-bond acceptors (Lipinski definition) is 5. The number of nitrogens with one attached hydrogen (secondary N) is 1. The van der Waals surface area contributed by atoms with Gasteiger partial charge in [-0.15, -0.1) is 0 Å². The molecule has 5 rings (SSSR count). The summed E-state index contributed by atoms with van der Waals surface area (Å²) in [6.07, 6.45) is 1.95. The number of aryl methyl sites for hydroxylation is 1. The highest BCUT2D eigenvalue weighted by Crippen LogP contribution is 2.50. The lowest BCUT2D eigenvalue weighted by Crippen LogP contribution is -2.27. The number of amides is 1. The Kier molecular flexibility index (Phi) is 4.78. The molecule has 3 aromatic carbocycles. The summed E-state index contributed by atoms with van der Waals surface area (Å²) in [6.45, 7) is 2.40. The molecular formula is C26H23NO6. The second kappa shape index (κ2) is 7.55. The third-order valence-corrected chi connectivity index (χ3v) is 6.53. The average molecular weight is 445 g/mol. The Balaban J connectivity index is 1.47. The van der Waals surface area contributed by atoms with Crippen LogP contribution >= 0.6 is 0 Å². The Labute approximate surface area is 190 Å². The molecule has 0 atom stereocenters. The molecule has 0 saturated heterocycles. The zero-order valence-corrected chi connectivity index (χ0v) is 18.0. The second-order valence-electron chi connectivity index (χ2n) is 8.69. The molecular weight excluding hydrogens is 422 g/mol. The summed E-state index contributed by atoms with van der Waals surface area (Å²) in [4.78, 5) is 24.9. The molecule has 2 aliphatic rings. The first kappa shape index (κ1) is 20.9. The van der Waals surface area contributed by atoms with E-state index in [1.807, 2.05) is 31.2 Å². The van der Waals surface area contributed by atoms with E-state index >= 15 is 0 Å². The summed E-state index contributed by atoms with van der Waals surface area (Å²) in [5.41, 5.74) is 4.06. The molecule has 33 heavy (non-hydrogen) atoms. The normalized spacial score (nSPS) is 15.4. The van der Waals surface area contributed by atoms with Crippen LogP contribution in [0.2, 0.25) is 0 Å². The Bertz CT molecular complexity index is 1310. The summed E-state index contributed by atoms with van der Waals surface area (Å²) >= 11 is 0. The van der Waals surface area contributed by atoms with Gasteiger partial charge in [-0.1, -0.05) is 12.1 Å². The van der Waals surface area contributed by atoms with E-state index in [4.69, 9.17) is 4.74 Å². The van der Waals surface area contributed by atoms with Crippen molar-refractivity contribution in [1.82, 2.24) is 0 Å². The van der Waals surface area contributed by atoms with Crippen LogP contribution in [0, 0.1) is 6.92 Å². The quantitative estimate of drug-likeness (QED) is 0.433. The Morgan fingerprint density at radius 1 is 1.00 bits per heavy atom. The van der Waals surface area contributed by atoms with Gasteiger partial charge in [-0.3, -0.25) is 4.79 Å². The smallest absolute Gasteiger partial charge is 0.339 e. The number of hydrogen-bond donors (Lipinski definition) is 4. The van der Waals surface area contributed by atoms with Gasteiger partial charge >= 0.3 is 5.97 Å². The van der Waals surface area contributed by atoms with Crippen LogP contribution in [0.4, 0.5) is 5.69 Å². The number of aromatic carboxylic acids is 1. The number of rotatable bonds is 5. The fourth-order valence-electron chi connectivity index (χ4n) is 4.48. The third-order valence-electron chi connectivity index (χ3n) is 6.53. The molecule has 1 fully saturated rings. The van der Waals surface area contributed by atoms with Crippen molar-refractivity contribution in [1.29, 1.82) is 0 Å². The van der Waals surface area contributed by atoms with Crippen molar-refractivity contribution in [2.45, 2.75) is 31.6 Å². The first-order valence-electron chi connectivity index (χ1n) is 10.8. The summed E-state index contributed by atoms with van der Waals surface area (Å²) < 4.78 is 5.52. The highest BCUT2D eigenvalue weighted by molar-refractivity contribution is 6.02. The lowest BCUT2D eigenvalue weighted by molar-refractivity contribution is -0.118. The Morgan fingerprint density at radius 3 is 2.48 bits per heavy atom. The van der Waals surface area contributed by atoms with E-state index in [-0.39, 0.29) is 23.0 Å². The number of carbonyl (C=O) groups excluding carboxylic acids is 1. The van der Waals surface area contributed by atoms with Gasteiger partial charge in [-0.2, -0.15) is 0 Å². The van der Waals surface area contributed by atoms with Gasteiger partial charge in [0, 0.05) is 12.1 Å². The van der Waals surface area contributed by atoms with E-state index < -0.39 is 11.4 Å². The topological polar surface area (TPSA) is 116 Å². The van der Waals surface area contributed by atoms with Gasteiger partial charge in [0.25, 0.3) is 0 Å². The number of phenols is 2. The molecule has 3 aromatic rings. The predicted molar refractivity (Wildman–Crippen MR) is 122 cm³/mol.